The predicted molar refractivity (Wildman–Crippen MR) is 92.4 cm³/mol. The molecule has 0 unspecified atom stereocenters. The van der Waals surface area contributed by atoms with E-state index < -0.39 is 10.7 Å². The topological polar surface area (TPSA) is 75.9 Å². The molecular formula is C17H24FN3O4. The second-order valence-corrected chi connectivity index (χ2v) is 6.54. The molecule has 1 fully saturated rings. The molecule has 0 spiro atoms. The number of nitrogens with zero attached hydrogens (tertiary/aromatic N) is 3. The van der Waals surface area contributed by atoms with Crippen LogP contribution in [-0.4, -0.2) is 49.0 Å². The van der Waals surface area contributed by atoms with Crippen LogP contribution in [-0.2, 0) is 4.79 Å². The highest BCUT2D eigenvalue weighted by Crippen LogP contribution is 2.36. The molecule has 1 aliphatic rings. The summed E-state index contributed by atoms with van der Waals surface area (Å²) in [5.41, 5.74) is 0.0359. The van der Waals surface area contributed by atoms with E-state index in [0.29, 0.717) is 31.6 Å². The Bertz CT molecular complexity index is 658. The Balaban J connectivity index is 2.17. The summed E-state index contributed by atoms with van der Waals surface area (Å²) in [4.78, 5) is 26.6. The summed E-state index contributed by atoms with van der Waals surface area (Å²) in [5, 5.41) is 11.3. The smallest absolute Gasteiger partial charge is 0.295 e. The Labute approximate surface area is 146 Å². The summed E-state index contributed by atoms with van der Waals surface area (Å²) in [5.74, 6) is -0.786. The maximum absolute atomic E-state index is 13.8. The molecule has 0 bridgehead atoms. The molecule has 1 heterocycles. The normalized spacial score (nSPS) is 15.4. The van der Waals surface area contributed by atoms with Gasteiger partial charge < -0.3 is 14.5 Å². The van der Waals surface area contributed by atoms with Crippen molar-refractivity contribution in [3.8, 4) is 5.75 Å². The third-order valence-corrected chi connectivity index (χ3v) is 4.75. The lowest BCUT2D eigenvalue weighted by Gasteiger charge is -2.35. The van der Waals surface area contributed by atoms with E-state index in [4.69, 9.17) is 4.74 Å². The summed E-state index contributed by atoms with van der Waals surface area (Å²) in [6, 6.07) is 2.38. The zero-order valence-corrected chi connectivity index (χ0v) is 15.0. The minimum atomic E-state index is -0.762. The van der Waals surface area contributed by atoms with Crippen LogP contribution in [0.2, 0.25) is 0 Å². The Morgan fingerprint density at radius 3 is 2.48 bits per heavy atom. The van der Waals surface area contributed by atoms with Gasteiger partial charge in [0.15, 0.2) is 11.6 Å². The van der Waals surface area contributed by atoms with Gasteiger partial charge in [0.25, 0.3) is 5.69 Å². The highest BCUT2D eigenvalue weighted by molar-refractivity contribution is 5.79. The average Bonchev–Trinajstić information content (AvgIpc) is 2.60. The summed E-state index contributed by atoms with van der Waals surface area (Å²) in [7, 11) is 3.11. The first-order valence-electron chi connectivity index (χ1n) is 8.29. The van der Waals surface area contributed by atoms with Gasteiger partial charge in [0.2, 0.25) is 5.91 Å². The van der Waals surface area contributed by atoms with Gasteiger partial charge in [0, 0.05) is 38.2 Å². The number of hydrogen-bond acceptors (Lipinski definition) is 5. The van der Waals surface area contributed by atoms with E-state index in [1.165, 1.54) is 13.2 Å². The largest absolute Gasteiger partial charge is 0.494 e. The number of carbonyl (C=O) groups excluding carboxylic acids is 1. The van der Waals surface area contributed by atoms with Gasteiger partial charge in [-0.2, -0.15) is 0 Å². The molecule has 8 heteroatoms. The highest BCUT2D eigenvalue weighted by atomic mass is 19.1. The van der Waals surface area contributed by atoms with Crippen molar-refractivity contribution in [2.24, 2.45) is 5.92 Å². The minimum Gasteiger partial charge on any atom is -0.494 e. The van der Waals surface area contributed by atoms with Gasteiger partial charge in [-0.15, -0.1) is 0 Å². The van der Waals surface area contributed by atoms with E-state index >= 15 is 0 Å². The zero-order chi connectivity index (χ0) is 18.7. The lowest BCUT2D eigenvalue weighted by Crippen LogP contribution is -2.43. The average molecular weight is 353 g/mol. The van der Waals surface area contributed by atoms with Gasteiger partial charge in [-0.05, 0) is 26.7 Å². The minimum absolute atomic E-state index is 0.0293. The van der Waals surface area contributed by atoms with E-state index in [1.807, 2.05) is 18.7 Å². The second-order valence-electron chi connectivity index (χ2n) is 6.54. The number of halogens is 1. The first-order valence-corrected chi connectivity index (χ1v) is 8.29. The van der Waals surface area contributed by atoms with Crippen LogP contribution in [0.15, 0.2) is 12.1 Å². The molecule has 138 valence electrons. The third kappa shape index (κ3) is 4.00. The molecule has 0 aromatic heterocycles. The standard InChI is InChI=1S/C17H24FN3O4/c1-11(2)19(3)17(22)12-5-7-20(8-6-12)14-10-16(25-4)13(18)9-15(14)21(23)24/h9-12H,5-8H2,1-4H3. The molecule has 2 rings (SSSR count). The molecule has 1 aliphatic heterocycles. The van der Waals surface area contributed by atoms with E-state index in [1.54, 1.807) is 11.9 Å². The first-order chi connectivity index (χ1) is 11.8. The van der Waals surface area contributed by atoms with Crippen molar-refractivity contribution >= 4 is 17.3 Å². The number of benzene rings is 1. The van der Waals surface area contributed by atoms with Gasteiger partial charge in [-0.1, -0.05) is 0 Å². The van der Waals surface area contributed by atoms with Crippen molar-refractivity contribution in [1.82, 2.24) is 4.90 Å². The lowest BCUT2D eigenvalue weighted by molar-refractivity contribution is -0.384. The third-order valence-electron chi connectivity index (χ3n) is 4.75. The fraction of sp³-hybridized carbons (Fsp3) is 0.588. The van der Waals surface area contributed by atoms with Gasteiger partial charge in [0.05, 0.1) is 18.1 Å². The van der Waals surface area contributed by atoms with Crippen LogP contribution in [0.25, 0.3) is 0 Å². The number of hydrogen-bond donors (Lipinski definition) is 0. The van der Waals surface area contributed by atoms with Crippen LogP contribution in [0.5, 0.6) is 5.75 Å². The molecule has 1 aromatic rings. The van der Waals surface area contributed by atoms with Gasteiger partial charge in [-0.3, -0.25) is 14.9 Å². The number of nitro groups is 1. The van der Waals surface area contributed by atoms with Gasteiger partial charge in [0.1, 0.15) is 5.69 Å². The number of amides is 1. The molecule has 1 amide bonds. The Morgan fingerprint density at radius 1 is 1.40 bits per heavy atom. The molecule has 0 aliphatic carbocycles. The van der Waals surface area contributed by atoms with Crippen LogP contribution in [0, 0.1) is 21.8 Å². The fourth-order valence-electron chi connectivity index (χ4n) is 3.00. The molecule has 7 nitrogen and oxygen atoms in total. The van der Waals surface area contributed by atoms with E-state index in [2.05, 4.69) is 0 Å². The molecule has 1 aromatic carbocycles. The quantitative estimate of drug-likeness (QED) is 0.601. The van der Waals surface area contributed by atoms with Crippen molar-refractivity contribution in [3.05, 3.63) is 28.1 Å². The number of ether oxygens (including phenoxy) is 1. The Kier molecular flexibility index (Phi) is 5.81. The zero-order valence-electron chi connectivity index (χ0n) is 15.0. The second kappa shape index (κ2) is 7.67. The van der Waals surface area contributed by atoms with Crippen LogP contribution in [0.4, 0.5) is 15.8 Å². The maximum Gasteiger partial charge on any atom is 0.295 e. The van der Waals surface area contributed by atoms with E-state index in [-0.39, 0.29) is 29.3 Å². The molecule has 25 heavy (non-hydrogen) atoms. The van der Waals surface area contributed by atoms with E-state index in [0.717, 1.165) is 6.07 Å². The monoisotopic (exact) mass is 353 g/mol. The number of methoxy groups -OCH3 is 1. The van der Waals surface area contributed by atoms with Crippen molar-refractivity contribution in [1.29, 1.82) is 0 Å². The van der Waals surface area contributed by atoms with Crippen molar-refractivity contribution in [3.63, 3.8) is 0 Å². The van der Waals surface area contributed by atoms with Gasteiger partial charge >= 0.3 is 0 Å². The number of carbonyl (C=O) groups is 1. The summed E-state index contributed by atoms with van der Waals surface area (Å²) in [6.45, 7) is 4.91. The molecule has 0 atom stereocenters. The van der Waals surface area contributed by atoms with E-state index in [9.17, 15) is 19.3 Å². The fourth-order valence-corrected chi connectivity index (χ4v) is 3.00. The summed E-state index contributed by atoms with van der Waals surface area (Å²) >= 11 is 0. The molecular weight excluding hydrogens is 329 g/mol. The molecule has 0 N–H and O–H groups in total. The van der Waals surface area contributed by atoms with Crippen LogP contribution >= 0.6 is 0 Å². The number of anilines is 1. The summed E-state index contributed by atoms with van der Waals surface area (Å²) in [6.07, 6.45) is 1.21. The van der Waals surface area contributed by atoms with Gasteiger partial charge in [-0.25, -0.2) is 4.39 Å². The highest BCUT2D eigenvalue weighted by Gasteiger charge is 2.31. The van der Waals surface area contributed by atoms with Crippen molar-refractivity contribution in [2.45, 2.75) is 32.7 Å². The first kappa shape index (κ1) is 19.0. The van der Waals surface area contributed by atoms with Crippen LogP contribution in [0.1, 0.15) is 26.7 Å². The molecule has 0 radical (unpaired) electrons. The van der Waals surface area contributed by atoms with Crippen molar-refractivity contribution < 1.29 is 18.8 Å². The summed E-state index contributed by atoms with van der Waals surface area (Å²) < 4.78 is 18.7. The maximum atomic E-state index is 13.8. The number of rotatable bonds is 5. The Hall–Kier alpha value is -2.38. The van der Waals surface area contributed by atoms with Crippen LogP contribution in [0.3, 0.4) is 0 Å². The van der Waals surface area contributed by atoms with Crippen molar-refractivity contribution in [2.75, 3.05) is 32.1 Å². The molecule has 0 saturated carbocycles. The van der Waals surface area contributed by atoms with Crippen LogP contribution < -0.4 is 9.64 Å². The number of nitro benzene ring substituents is 1. The number of piperidine rings is 1. The lowest BCUT2D eigenvalue weighted by atomic mass is 9.94. The molecule has 1 saturated heterocycles. The Morgan fingerprint density at radius 2 is 2.00 bits per heavy atom. The predicted octanol–water partition coefficient (Wildman–Crippen LogP) is 2.83. The SMILES string of the molecule is COc1cc(N2CCC(C(=O)N(C)C(C)C)CC2)c([N+](=O)[O-])cc1F.